The van der Waals surface area contributed by atoms with Crippen LogP contribution in [0.2, 0.25) is 10.0 Å². The monoisotopic (exact) mass is 285 g/mol. The number of carbonyl (C=O) groups is 1. The van der Waals surface area contributed by atoms with Gasteiger partial charge in [0.1, 0.15) is 0 Å². The van der Waals surface area contributed by atoms with Crippen LogP contribution in [0.5, 0.6) is 0 Å². The topological polar surface area (TPSA) is 53.5 Å². The van der Waals surface area contributed by atoms with Crippen LogP contribution in [0.1, 0.15) is 25.5 Å². The molecule has 0 aliphatic carbocycles. The Morgan fingerprint density at radius 2 is 1.94 bits per heavy atom. The summed E-state index contributed by atoms with van der Waals surface area (Å²) in [5, 5.41) is 6.60. The van der Waals surface area contributed by atoms with Crippen molar-refractivity contribution >= 4 is 35.1 Å². The van der Waals surface area contributed by atoms with E-state index in [4.69, 9.17) is 23.2 Å². The van der Waals surface area contributed by atoms with E-state index in [1.54, 1.807) is 18.2 Å². The molecule has 1 heterocycles. The first kappa shape index (κ1) is 13.2. The summed E-state index contributed by atoms with van der Waals surface area (Å²) in [5.74, 6) is 0.226. The third kappa shape index (κ3) is 2.60. The number of halogens is 2. The van der Waals surface area contributed by atoms with Crippen LogP contribution in [0, 0.1) is 0 Å². The lowest BCUT2D eigenvalue weighted by molar-refractivity contribution is -0.120. The maximum Gasteiger partial charge on any atom is 0.256 e. The quantitative estimate of drug-likeness (QED) is 0.877. The highest BCUT2D eigenvalue weighted by Crippen LogP contribution is 2.33. The fourth-order valence-electron chi connectivity index (χ4n) is 1.72. The van der Waals surface area contributed by atoms with Gasteiger partial charge in [-0.15, -0.1) is 0 Å². The molecule has 96 valence electrons. The van der Waals surface area contributed by atoms with E-state index in [2.05, 4.69) is 15.6 Å². The highest BCUT2D eigenvalue weighted by atomic mass is 35.5. The molecule has 1 aliphatic rings. The second-order valence-corrected chi connectivity index (χ2v) is 5.12. The fourth-order valence-corrected chi connectivity index (χ4v) is 2.32. The number of benzene rings is 1. The predicted molar refractivity (Wildman–Crippen MR) is 73.1 cm³/mol. The zero-order valence-corrected chi connectivity index (χ0v) is 11.5. The average molecular weight is 286 g/mol. The first-order valence-electron chi connectivity index (χ1n) is 5.58. The van der Waals surface area contributed by atoms with E-state index in [1.807, 2.05) is 13.8 Å². The Balaban J connectivity index is 2.33. The number of nitrogens with one attached hydrogen (secondary N) is 2. The molecular formula is C12H13Cl2N3O. The van der Waals surface area contributed by atoms with E-state index >= 15 is 0 Å². The SMILES string of the molecule is CC(C)NC1=NC(c2c(Cl)cccc2Cl)C(=O)N1. The summed E-state index contributed by atoms with van der Waals surface area (Å²) in [6, 6.07) is 4.62. The lowest BCUT2D eigenvalue weighted by atomic mass is 10.1. The number of hydrogen-bond donors (Lipinski definition) is 2. The van der Waals surface area contributed by atoms with Gasteiger partial charge in [0.2, 0.25) is 0 Å². The van der Waals surface area contributed by atoms with Crippen LogP contribution in [-0.2, 0) is 4.79 Å². The lowest BCUT2D eigenvalue weighted by Crippen LogP contribution is -2.40. The van der Waals surface area contributed by atoms with Crippen molar-refractivity contribution < 1.29 is 4.79 Å². The van der Waals surface area contributed by atoms with Gasteiger partial charge in [-0.25, -0.2) is 4.99 Å². The zero-order chi connectivity index (χ0) is 13.3. The molecule has 18 heavy (non-hydrogen) atoms. The number of carbonyl (C=O) groups excluding carboxylic acids is 1. The van der Waals surface area contributed by atoms with Crippen LogP contribution in [-0.4, -0.2) is 17.9 Å². The fraction of sp³-hybridized carbons (Fsp3) is 0.333. The summed E-state index contributed by atoms with van der Waals surface area (Å²) in [4.78, 5) is 16.2. The Bertz CT molecular complexity index is 494. The lowest BCUT2D eigenvalue weighted by Gasteiger charge is -2.09. The third-order valence-corrected chi connectivity index (χ3v) is 3.11. The maximum absolute atomic E-state index is 11.9. The molecule has 2 N–H and O–H groups in total. The maximum atomic E-state index is 11.9. The Morgan fingerprint density at radius 3 is 2.50 bits per heavy atom. The molecule has 6 heteroatoms. The third-order valence-electron chi connectivity index (χ3n) is 2.45. The Hall–Kier alpha value is -1.26. The van der Waals surface area contributed by atoms with Gasteiger partial charge in [-0.1, -0.05) is 29.3 Å². The van der Waals surface area contributed by atoms with E-state index in [0.29, 0.717) is 21.6 Å². The smallest absolute Gasteiger partial charge is 0.256 e. The minimum Gasteiger partial charge on any atom is -0.354 e. The van der Waals surface area contributed by atoms with E-state index in [-0.39, 0.29) is 11.9 Å². The van der Waals surface area contributed by atoms with Crippen molar-refractivity contribution in [2.24, 2.45) is 4.99 Å². The van der Waals surface area contributed by atoms with Crippen molar-refractivity contribution in [2.45, 2.75) is 25.9 Å². The predicted octanol–water partition coefficient (Wildman–Crippen LogP) is 2.52. The molecule has 0 aromatic heterocycles. The van der Waals surface area contributed by atoms with E-state index < -0.39 is 6.04 Å². The van der Waals surface area contributed by atoms with Crippen molar-refractivity contribution in [3.05, 3.63) is 33.8 Å². The molecule has 1 unspecified atom stereocenters. The summed E-state index contributed by atoms with van der Waals surface area (Å²) in [5.41, 5.74) is 0.541. The summed E-state index contributed by atoms with van der Waals surface area (Å²) in [6.45, 7) is 3.93. The van der Waals surface area contributed by atoms with Gasteiger partial charge in [0, 0.05) is 21.7 Å². The van der Waals surface area contributed by atoms with Gasteiger partial charge >= 0.3 is 0 Å². The number of nitrogens with zero attached hydrogens (tertiary/aromatic N) is 1. The minimum absolute atomic E-state index is 0.185. The Labute approximate surface area is 115 Å². The summed E-state index contributed by atoms with van der Waals surface area (Å²) >= 11 is 12.1. The van der Waals surface area contributed by atoms with Crippen LogP contribution < -0.4 is 10.6 Å². The molecule has 1 aromatic rings. The van der Waals surface area contributed by atoms with E-state index in [9.17, 15) is 4.79 Å². The van der Waals surface area contributed by atoms with Crippen LogP contribution in [0.15, 0.2) is 23.2 Å². The molecule has 1 aromatic carbocycles. The van der Waals surface area contributed by atoms with Crippen LogP contribution in [0.4, 0.5) is 0 Å². The minimum atomic E-state index is -0.688. The average Bonchev–Trinajstić information content (AvgIpc) is 2.58. The molecule has 1 aliphatic heterocycles. The number of aliphatic imine (C=N–C) groups is 1. The number of amides is 1. The summed E-state index contributed by atoms with van der Waals surface area (Å²) in [7, 11) is 0. The number of guanidine groups is 1. The van der Waals surface area contributed by atoms with Crippen LogP contribution in [0.25, 0.3) is 0 Å². The van der Waals surface area contributed by atoms with E-state index in [1.165, 1.54) is 0 Å². The van der Waals surface area contributed by atoms with Gasteiger partial charge in [0.15, 0.2) is 12.0 Å². The number of rotatable bonds is 2. The standard InChI is InChI=1S/C12H13Cl2N3O/c1-6(2)15-12-16-10(11(18)17-12)9-7(13)4-3-5-8(9)14/h3-6,10H,1-2H3,(H2,15,16,17,18). The molecule has 0 spiro atoms. The highest BCUT2D eigenvalue weighted by molar-refractivity contribution is 6.36. The largest absolute Gasteiger partial charge is 0.354 e. The zero-order valence-electron chi connectivity index (χ0n) is 10.00. The Morgan fingerprint density at radius 1 is 1.33 bits per heavy atom. The van der Waals surface area contributed by atoms with Gasteiger partial charge in [-0.05, 0) is 26.0 Å². The van der Waals surface area contributed by atoms with Crippen molar-refractivity contribution in [1.29, 1.82) is 0 Å². The molecular weight excluding hydrogens is 273 g/mol. The molecule has 0 saturated carbocycles. The number of hydrogen-bond acceptors (Lipinski definition) is 3. The van der Waals surface area contributed by atoms with Crippen molar-refractivity contribution in [2.75, 3.05) is 0 Å². The normalized spacial score (nSPS) is 18.8. The molecule has 0 saturated heterocycles. The van der Waals surface area contributed by atoms with Gasteiger partial charge in [-0.2, -0.15) is 0 Å². The van der Waals surface area contributed by atoms with Crippen molar-refractivity contribution in [1.82, 2.24) is 10.6 Å². The molecule has 0 radical (unpaired) electrons. The molecule has 0 fully saturated rings. The highest BCUT2D eigenvalue weighted by Gasteiger charge is 2.31. The molecule has 1 amide bonds. The Kier molecular flexibility index (Phi) is 3.78. The molecule has 4 nitrogen and oxygen atoms in total. The van der Waals surface area contributed by atoms with Crippen molar-refractivity contribution in [3.8, 4) is 0 Å². The molecule has 0 bridgehead atoms. The van der Waals surface area contributed by atoms with Crippen LogP contribution >= 0.6 is 23.2 Å². The summed E-state index contributed by atoms with van der Waals surface area (Å²) in [6.07, 6.45) is 0. The second-order valence-electron chi connectivity index (χ2n) is 4.30. The first-order chi connectivity index (χ1) is 8.49. The van der Waals surface area contributed by atoms with Gasteiger partial charge in [0.25, 0.3) is 5.91 Å². The van der Waals surface area contributed by atoms with Gasteiger partial charge < -0.3 is 5.32 Å². The molecule has 2 rings (SSSR count). The van der Waals surface area contributed by atoms with E-state index in [0.717, 1.165) is 0 Å². The molecule has 1 atom stereocenters. The van der Waals surface area contributed by atoms with Crippen molar-refractivity contribution in [3.63, 3.8) is 0 Å². The second kappa shape index (κ2) is 5.16. The first-order valence-corrected chi connectivity index (χ1v) is 6.33. The van der Waals surface area contributed by atoms with Crippen LogP contribution in [0.3, 0.4) is 0 Å². The summed E-state index contributed by atoms with van der Waals surface area (Å²) < 4.78 is 0. The van der Waals surface area contributed by atoms with Gasteiger partial charge in [-0.3, -0.25) is 10.1 Å². The van der Waals surface area contributed by atoms with Gasteiger partial charge in [0.05, 0.1) is 0 Å².